The van der Waals surface area contributed by atoms with Gasteiger partial charge in [0, 0.05) is 0 Å². The Balaban J connectivity index is 2.58. The Kier molecular flexibility index (Phi) is 3.69. The maximum atomic E-state index is 4.03. The molecule has 0 aliphatic heterocycles. The van der Waals surface area contributed by atoms with Crippen LogP contribution in [0.3, 0.4) is 0 Å². The maximum absolute atomic E-state index is 4.03. The van der Waals surface area contributed by atoms with Crippen molar-refractivity contribution in [3.63, 3.8) is 0 Å². The molecule has 0 saturated carbocycles. The van der Waals surface area contributed by atoms with Gasteiger partial charge in [0.15, 0.2) is 0 Å². The minimum absolute atomic E-state index is 0.104. The fourth-order valence-corrected chi connectivity index (χ4v) is 2.93. The average Bonchev–Trinajstić information content (AvgIpc) is 2.06. The third-order valence-electron chi connectivity index (χ3n) is 1.40. The van der Waals surface area contributed by atoms with E-state index in [9.17, 15) is 0 Å². The first-order valence-electron chi connectivity index (χ1n) is 3.73. The van der Waals surface area contributed by atoms with Crippen molar-refractivity contribution in [2.45, 2.75) is 13.3 Å². The Bertz CT molecular complexity index is 226. The molecule has 0 N–H and O–H groups in total. The zero-order valence-corrected chi connectivity index (χ0v) is 9.04. The van der Waals surface area contributed by atoms with Crippen LogP contribution in [0.4, 0.5) is 0 Å². The van der Waals surface area contributed by atoms with Crippen molar-refractivity contribution in [1.82, 2.24) is 0 Å². The second-order valence-corrected chi connectivity index (χ2v) is 5.88. The molecular formula is C10H12Te. The van der Waals surface area contributed by atoms with Crippen LogP contribution in [0, 0.1) is 0 Å². The van der Waals surface area contributed by atoms with Crippen molar-refractivity contribution in [2.75, 3.05) is 0 Å². The van der Waals surface area contributed by atoms with E-state index in [2.05, 4.69) is 43.8 Å². The van der Waals surface area contributed by atoms with E-state index in [1.807, 2.05) is 0 Å². The molecular weight excluding hydrogens is 248 g/mol. The number of hydrogen-bond acceptors (Lipinski definition) is 0. The molecule has 11 heavy (non-hydrogen) atoms. The molecule has 1 heteroatoms. The molecule has 0 heterocycles. The summed E-state index contributed by atoms with van der Waals surface area (Å²) in [6.45, 7) is 6.20. The zero-order valence-electron chi connectivity index (χ0n) is 6.71. The Hall–Kier alpha value is -0.250. The van der Waals surface area contributed by atoms with Gasteiger partial charge >= 0.3 is 78.4 Å². The van der Waals surface area contributed by atoms with Crippen LogP contribution in [0.2, 0.25) is 0 Å². The first kappa shape index (κ1) is 8.84. The number of hydrogen-bond donors (Lipinski definition) is 0. The summed E-state index contributed by atoms with van der Waals surface area (Å²) in [6.07, 6.45) is 1.14. The molecule has 1 rings (SSSR count). The topological polar surface area (TPSA) is 0 Å². The molecule has 0 unspecified atom stereocenters. The summed E-state index contributed by atoms with van der Waals surface area (Å²) in [5.41, 5.74) is 0. The van der Waals surface area contributed by atoms with E-state index in [1.54, 1.807) is 0 Å². The van der Waals surface area contributed by atoms with Crippen molar-refractivity contribution < 1.29 is 0 Å². The van der Waals surface area contributed by atoms with Crippen LogP contribution in [-0.4, -0.2) is 20.9 Å². The summed E-state index contributed by atoms with van der Waals surface area (Å²) in [4.78, 5) is 0. The molecule has 0 nitrogen and oxygen atoms in total. The molecule has 0 bridgehead atoms. The standard InChI is InChI=1S/C10H12Te/c1-3-9(2)11-10-7-5-4-6-8-10/h4-8H,2-3H2,1H3. The first-order valence-corrected chi connectivity index (χ1v) is 6.06. The van der Waals surface area contributed by atoms with Gasteiger partial charge in [-0.05, 0) is 0 Å². The van der Waals surface area contributed by atoms with Gasteiger partial charge < -0.3 is 0 Å². The van der Waals surface area contributed by atoms with Crippen LogP contribution < -0.4 is 3.61 Å². The fourth-order valence-electron chi connectivity index (χ4n) is 0.727. The molecule has 0 saturated heterocycles. The Labute approximate surface area is 78.4 Å². The van der Waals surface area contributed by atoms with Gasteiger partial charge in [-0.3, -0.25) is 0 Å². The van der Waals surface area contributed by atoms with E-state index in [1.165, 1.54) is 7.23 Å². The molecule has 0 aromatic heterocycles. The van der Waals surface area contributed by atoms with Gasteiger partial charge in [-0.2, -0.15) is 0 Å². The number of benzene rings is 1. The normalized spacial score (nSPS) is 9.55. The van der Waals surface area contributed by atoms with Gasteiger partial charge in [-0.1, -0.05) is 0 Å². The minimum atomic E-state index is -0.104. The van der Waals surface area contributed by atoms with E-state index in [0.29, 0.717) is 0 Å². The van der Waals surface area contributed by atoms with E-state index in [-0.39, 0.29) is 20.9 Å². The van der Waals surface area contributed by atoms with Crippen LogP contribution in [-0.2, 0) is 0 Å². The van der Waals surface area contributed by atoms with Gasteiger partial charge in [-0.15, -0.1) is 0 Å². The van der Waals surface area contributed by atoms with E-state index < -0.39 is 0 Å². The summed E-state index contributed by atoms with van der Waals surface area (Å²) >= 11 is -0.104. The first-order chi connectivity index (χ1) is 5.33. The molecule has 0 radical (unpaired) electrons. The molecule has 0 spiro atoms. The van der Waals surface area contributed by atoms with Crippen LogP contribution in [0.25, 0.3) is 0 Å². The molecule has 1 aromatic carbocycles. The average molecular weight is 260 g/mol. The molecule has 0 fully saturated rings. The van der Waals surface area contributed by atoms with Gasteiger partial charge in [0.1, 0.15) is 0 Å². The van der Waals surface area contributed by atoms with E-state index in [4.69, 9.17) is 0 Å². The summed E-state index contributed by atoms with van der Waals surface area (Å²) in [6, 6.07) is 10.7. The quantitative estimate of drug-likeness (QED) is 0.728. The third-order valence-corrected chi connectivity index (χ3v) is 4.50. The SMILES string of the molecule is C=C(CC)[Te]c1ccccc1. The van der Waals surface area contributed by atoms with Crippen molar-refractivity contribution in [2.24, 2.45) is 0 Å². The number of rotatable bonds is 3. The summed E-state index contributed by atoms with van der Waals surface area (Å²) in [5.74, 6) is 0. The molecule has 0 aliphatic rings. The monoisotopic (exact) mass is 262 g/mol. The zero-order chi connectivity index (χ0) is 8.10. The molecule has 1 aromatic rings. The molecule has 58 valence electrons. The Morgan fingerprint density at radius 2 is 2.00 bits per heavy atom. The molecule has 0 atom stereocenters. The van der Waals surface area contributed by atoms with Crippen LogP contribution in [0.1, 0.15) is 13.3 Å². The summed E-state index contributed by atoms with van der Waals surface area (Å²) < 4.78 is 2.92. The van der Waals surface area contributed by atoms with E-state index in [0.717, 1.165) is 6.42 Å². The van der Waals surface area contributed by atoms with E-state index >= 15 is 0 Å². The van der Waals surface area contributed by atoms with Gasteiger partial charge in [-0.25, -0.2) is 0 Å². The Morgan fingerprint density at radius 1 is 1.36 bits per heavy atom. The fraction of sp³-hybridized carbons (Fsp3) is 0.200. The van der Waals surface area contributed by atoms with Crippen molar-refractivity contribution >= 4 is 24.5 Å². The second kappa shape index (κ2) is 4.59. The van der Waals surface area contributed by atoms with Crippen molar-refractivity contribution in [3.05, 3.63) is 40.5 Å². The van der Waals surface area contributed by atoms with Gasteiger partial charge in [0.2, 0.25) is 0 Å². The van der Waals surface area contributed by atoms with Gasteiger partial charge in [0.25, 0.3) is 0 Å². The van der Waals surface area contributed by atoms with Crippen molar-refractivity contribution in [1.29, 1.82) is 0 Å². The molecule has 0 aliphatic carbocycles. The molecule has 0 amide bonds. The van der Waals surface area contributed by atoms with Crippen LogP contribution in [0.15, 0.2) is 40.5 Å². The third kappa shape index (κ3) is 3.10. The second-order valence-electron chi connectivity index (χ2n) is 2.31. The van der Waals surface area contributed by atoms with Gasteiger partial charge in [0.05, 0.1) is 0 Å². The van der Waals surface area contributed by atoms with Crippen molar-refractivity contribution in [3.8, 4) is 0 Å². The predicted molar refractivity (Wildman–Crippen MR) is 51.3 cm³/mol. The Morgan fingerprint density at radius 3 is 2.55 bits per heavy atom. The number of allylic oxidation sites excluding steroid dienone is 1. The van der Waals surface area contributed by atoms with Crippen LogP contribution >= 0.6 is 0 Å². The summed E-state index contributed by atoms with van der Waals surface area (Å²) in [5, 5.41) is 0. The summed E-state index contributed by atoms with van der Waals surface area (Å²) in [7, 11) is 0. The van der Waals surface area contributed by atoms with Crippen LogP contribution in [0.5, 0.6) is 0 Å². The predicted octanol–water partition coefficient (Wildman–Crippen LogP) is 1.94.